The van der Waals surface area contributed by atoms with Crippen molar-refractivity contribution in [3.63, 3.8) is 0 Å². The second kappa shape index (κ2) is 8.63. The number of carbonyl (C=O) groups is 3. The molecular weight excluding hydrogens is 312 g/mol. The van der Waals surface area contributed by atoms with E-state index in [1.165, 1.54) is 12.0 Å². The first-order valence-electron chi connectivity index (χ1n) is 7.90. The highest BCUT2D eigenvalue weighted by Gasteiger charge is 2.30. The third-order valence-corrected chi connectivity index (χ3v) is 4.08. The Kier molecular flexibility index (Phi) is 7.16. The zero-order valence-electron chi connectivity index (χ0n) is 15.2. The van der Waals surface area contributed by atoms with Gasteiger partial charge in [0, 0.05) is 31.3 Å². The average molecular weight is 338 g/mol. The monoisotopic (exact) mass is 338 g/mol. The highest BCUT2D eigenvalue weighted by atomic mass is 16.5. The molecule has 0 saturated heterocycles. The summed E-state index contributed by atoms with van der Waals surface area (Å²) < 4.78 is 9.75. The number of methoxy groups -OCH3 is 2. The second-order valence-electron chi connectivity index (χ2n) is 5.59. The molecule has 0 aliphatic rings. The summed E-state index contributed by atoms with van der Waals surface area (Å²) in [5.74, 6) is -0.857. The number of ether oxygens (including phenoxy) is 2. The molecule has 134 valence electrons. The van der Waals surface area contributed by atoms with Crippen LogP contribution in [0.25, 0.3) is 0 Å². The van der Waals surface area contributed by atoms with Crippen LogP contribution in [0.1, 0.15) is 52.4 Å². The van der Waals surface area contributed by atoms with Gasteiger partial charge < -0.3 is 19.4 Å². The van der Waals surface area contributed by atoms with Gasteiger partial charge in [-0.2, -0.15) is 0 Å². The minimum Gasteiger partial charge on any atom is -0.464 e. The van der Waals surface area contributed by atoms with Crippen LogP contribution in [0.4, 0.5) is 0 Å². The molecule has 0 unspecified atom stereocenters. The van der Waals surface area contributed by atoms with Crippen LogP contribution in [0.2, 0.25) is 0 Å². The number of H-pyrrole nitrogens is 1. The number of aryl methyl sites for hydroxylation is 1. The van der Waals surface area contributed by atoms with E-state index in [0.717, 1.165) is 0 Å². The van der Waals surface area contributed by atoms with Crippen molar-refractivity contribution < 1.29 is 23.9 Å². The van der Waals surface area contributed by atoms with Gasteiger partial charge in [-0.25, -0.2) is 4.79 Å². The zero-order valence-corrected chi connectivity index (χ0v) is 15.2. The van der Waals surface area contributed by atoms with E-state index in [1.54, 1.807) is 34.8 Å². The maximum atomic E-state index is 12.9. The van der Waals surface area contributed by atoms with E-state index in [2.05, 4.69) is 4.98 Å². The van der Waals surface area contributed by atoms with Gasteiger partial charge in [-0.15, -0.1) is 0 Å². The van der Waals surface area contributed by atoms with Crippen LogP contribution in [0.5, 0.6) is 0 Å². The fraction of sp³-hybridized carbons (Fsp3) is 0.588. The molecule has 1 aromatic rings. The lowest BCUT2D eigenvalue weighted by molar-refractivity contribution is -0.132. The van der Waals surface area contributed by atoms with Gasteiger partial charge in [-0.05, 0) is 26.3 Å². The maximum Gasteiger partial charge on any atom is 0.354 e. The van der Waals surface area contributed by atoms with Crippen LogP contribution < -0.4 is 0 Å². The van der Waals surface area contributed by atoms with Gasteiger partial charge in [0.2, 0.25) is 5.91 Å². The Hall–Kier alpha value is -2.15. The third kappa shape index (κ3) is 4.03. The predicted molar refractivity (Wildman–Crippen MR) is 89.3 cm³/mol. The van der Waals surface area contributed by atoms with Crippen LogP contribution >= 0.6 is 0 Å². The van der Waals surface area contributed by atoms with E-state index in [1.807, 2.05) is 0 Å². The highest BCUT2D eigenvalue weighted by Crippen LogP contribution is 2.22. The van der Waals surface area contributed by atoms with Crippen molar-refractivity contribution in [2.24, 2.45) is 0 Å². The quantitative estimate of drug-likeness (QED) is 0.577. The summed E-state index contributed by atoms with van der Waals surface area (Å²) in [4.78, 5) is 41.3. The van der Waals surface area contributed by atoms with Gasteiger partial charge in [-0.1, -0.05) is 6.92 Å². The molecule has 0 saturated carbocycles. The molecule has 1 atom stereocenters. The first-order chi connectivity index (χ1) is 11.3. The largest absolute Gasteiger partial charge is 0.464 e. The minimum absolute atomic E-state index is 0.119. The van der Waals surface area contributed by atoms with Gasteiger partial charge in [0.1, 0.15) is 5.69 Å². The summed E-state index contributed by atoms with van der Waals surface area (Å²) in [7, 11) is 2.83. The number of rotatable bonds is 8. The number of ketones is 1. The fourth-order valence-corrected chi connectivity index (χ4v) is 2.70. The maximum absolute atomic E-state index is 12.9. The van der Waals surface area contributed by atoms with Crippen LogP contribution in [0, 0.1) is 13.8 Å². The number of esters is 1. The molecule has 1 heterocycles. The summed E-state index contributed by atoms with van der Waals surface area (Å²) in [6.45, 7) is 7.54. The molecule has 1 aromatic heterocycles. The number of nitrogens with zero attached hydrogens (tertiary/aromatic N) is 1. The van der Waals surface area contributed by atoms with E-state index >= 15 is 0 Å². The molecule has 1 rings (SSSR count). The van der Waals surface area contributed by atoms with Crippen molar-refractivity contribution in [1.82, 2.24) is 9.88 Å². The topological polar surface area (TPSA) is 88.7 Å². The predicted octanol–water partition coefficient (Wildman–Crippen LogP) is 1.87. The number of aromatic amines is 1. The molecule has 24 heavy (non-hydrogen) atoms. The smallest absolute Gasteiger partial charge is 0.354 e. The highest BCUT2D eigenvalue weighted by molar-refractivity contribution is 6.06. The molecule has 1 N–H and O–H groups in total. The first kappa shape index (κ1) is 19.9. The van der Waals surface area contributed by atoms with Crippen molar-refractivity contribution in [3.05, 3.63) is 22.5 Å². The Morgan fingerprint density at radius 1 is 1.21 bits per heavy atom. The molecular formula is C17H26N2O5. The van der Waals surface area contributed by atoms with Gasteiger partial charge >= 0.3 is 5.97 Å². The average Bonchev–Trinajstić information content (AvgIpc) is 2.87. The number of amides is 1. The Morgan fingerprint density at radius 2 is 1.83 bits per heavy atom. The number of hydrogen-bond donors (Lipinski definition) is 1. The molecule has 0 aliphatic carbocycles. The third-order valence-electron chi connectivity index (χ3n) is 4.08. The molecule has 0 radical (unpaired) electrons. The van der Waals surface area contributed by atoms with Crippen LogP contribution in [-0.2, 0) is 14.3 Å². The van der Waals surface area contributed by atoms with Crippen LogP contribution in [-0.4, -0.2) is 61.0 Å². The summed E-state index contributed by atoms with van der Waals surface area (Å²) in [5, 5.41) is 0. The van der Waals surface area contributed by atoms with Gasteiger partial charge in [-0.3, -0.25) is 9.59 Å². The number of nitrogens with one attached hydrogen (secondary N) is 1. The van der Waals surface area contributed by atoms with E-state index in [-0.39, 0.29) is 17.4 Å². The Balaban J connectivity index is 3.17. The molecule has 0 spiro atoms. The van der Waals surface area contributed by atoms with Gasteiger partial charge in [0.15, 0.2) is 5.78 Å². The molecule has 7 heteroatoms. The number of Topliss-reactive ketones (excluding diaryl/α,β-unsaturated/α-hetero) is 1. The van der Waals surface area contributed by atoms with E-state index in [0.29, 0.717) is 36.4 Å². The minimum atomic E-state index is -0.647. The van der Waals surface area contributed by atoms with Crippen molar-refractivity contribution in [1.29, 1.82) is 0 Å². The Labute approximate surface area is 142 Å². The first-order valence-corrected chi connectivity index (χ1v) is 7.90. The number of aromatic nitrogens is 1. The van der Waals surface area contributed by atoms with Gasteiger partial charge in [0.05, 0.1) is 19.8 Å². The van der Waals surface area contributed by atoms with Crippen LogP contribution in [0.3, 0.4) is 0 Å². The summed E-state index contributed by atoms with van der Waals surface area (Å²) in [6, 6.07) is -0.647. The standard InChI is InChI=1S/C17H26N2O5/c1-7-13(20)19(8-9-23-5)12(4)16(21)14-10(2)15(17(22)24-6)18-11(14)3/h12,18H,7-9H2,1-6H3/t12-/m1/s1. The number of hydrogen-bond acceptors (Lipinski definition) is 5. The van der Waals surface area contributed by atoms with E-state index in [9.17, 15) is 14.4 Å². The molecule has 7 nitrogen and oxygen atoms in total. The molecule has 0 aromatic carbocycles. The van der Waals surface area contributed by atoms with E-state index in [4.69, 9.17) is 9.47 Å². The molecule has 1 amide bonds. The Bertz CT molecular complexity index is 621. The van der Waals surface area contributed by atoms with Crippen molar-refractivity contribution in [2.45, 2.75) is 40.2 Å². The second-order valence-corrected chi connectivity index (χ2v) is 5.59. The van der Waals surface area contributed by atoms with Crippen molar-refractivity contribution in [2.75, 3.05) is 27.4 Å². The summed E-state index contributed by atoms with van der Waals surface area (Å²) in [6.07, 6.45) is 0.305. The summed E-state index contributed by atoms with van der Waals surface area (Å²) in [5.41, 5.74) is 1.80. The SMILES string of the molecule is CCC(=O)N(CCOC)[C@H](C)C(=O)c1c(C)[nH]c(C(=O)OC)c1C. The van der Waals surface area contributed by atoms with Crippen molar-refractivity contribution in [3.8, 4) is 0 Å². The summed E-state index contributed by atoms with van der Waals surface area (Å²) >= 11 is 0. The number of carbonyl (C=O) groups excluding carboxylic acids is 3. The lowest BCUT2D eigenvalue weighted by atomic mass is 9.99. The lowest BCUT2D eigenvalue weighted by Gasteiger charge is -2.28. The molecule has 0 aliphatic heterocycles. The molecule has 0 fully saturated rings. The Morgan fingerprint density at radius 3 is 2.33 bits per heavy atom. The van der Waals surface area contributed by atoms with Gasteiger partial charge in [0.25, 0.3) is 0 Å². The lowest BCUT2D eigenvalue weighted by Crippen LogP contribution is -2.45. The van der Waals surface area contributed by atoms with Crippen molar-refractivity contribution >= 4 is 17.7 Å². The van der Waals surface area contributed by atoms with E-state index < -0.39 is 12.0 Å². The fourth-order valence-electron chi connectivity index (χ4n) is 2.70. The molecule has 0 bridgehead atoms. The normalized spacial score (nSPS) is 11.9. The zero-order chi connectivity index (χ0) is 18.4. The van der Waals surface area contributed by atoms with Crippen LogP contribution in [0.15, 0.2) is 0 Å².